The van der Waals surface area contributed by atoms with Gasteiger partial charge in [0, 0.05) is 61.1 Å². The van der Waals surface area contributed by atoms with Gasteiger partial charge in [0.2, 0.25) is 0 Å². The second kappa shape index (κ2) is 7.11. The molecule has 3 rings (SSSR count). The summed E-state index contributed by atoms with van der Waals surface area (Å²) in [5, 5.41) is 9.82. The zero-order chi connectivity index (χ0) is 18.9. The monoisotopic (exact) mass is 357 g/mol. The largest absolute Gasteiger partial charge is 0.508 e. The predicted molar refractivity (Wildman–Crippen MR) is 99.8 cm³/mol. The molecule has 2 aromatic rings. The van der Waals surface area contributed by atoms with Crippen LogP contribution in [-0.2, 0) is 24.9 Å². The van der Waals surface area contributed by atoms with Gasteiger partial charge in [-0.15, -0.1) is 0 Å². The van der Waals surface area contributed by atoms with E-state index in [1.807, 2.05) is 6.20 Å². The van der Waals surface area contributed by atoms with E-state index >= 15 is 0 Å². The summed E-state index contributed by atoms with van der Waals surface area (Å²) in [6.45, 7) is 8.76. The van der Waals surface area contributed by atoms with Gasteiger partial charge in [-0.2, -0.15) is 0 Å². The SMILES string of the molecule is COc1cc(O)cc(OC)c1CN1CCc2nc(C(C)(C)C)ncc2C1. The van der Waals surface area contributed by atoms with Crippen LogP contribution in [0.25, 0.3) is 0 Å². The zero-order valence-electron chi connectivity index (χ0n) is 16.2. The van der Waals surface area contributed by atoms with Crippen LogP contribution in [0.4, 0.5) is 0 Å². The molecule has 0 aliphatic carbocycles. The van der Waals surface area contributed by atoms with E-state index in [4.69, 9.17) is 14.5 Å². The van der Waals surface area contributed by atoms with Gasteiger partial charge in [0.15, 0.2) is 0 Å². The number of aromatic hydroxyl groups is 1. The second-order valence-corrected chi connectivity index (χ2v) is 7.71. The number of phenols is 1. The third-order valence-corrected chi connectivity index (χ3v) is 4.66. The Morgan fingerprint density at radius 3 is 2.38 bits per heavy atom. The average Bonchev–Trinajstić information content (AvgIpc) is 2.61. The highest BCUT2D eigenvalue weighted by Crippen LogP contribution is 2.35. The van der Waals surface area contributed by atoms with Crippen molar-refractivity contribution in [3.63, 3.8) is 0 Å². The fourth-order valence-electron chi connectivity index (χ4n) is 3.22. The van der Waals surface area contributed by atoms with Gasteiger partial charge in [-0.1, -0.05) is 20.8 Å². The molecule has 0 bridgehead atoms. The van der Waals surface area contributed by atoms with Crippen LogP contribution in [0.5, 0.6) is 17.2 Å². The van der Waals surface area contributed by atoms with Crippen LogP contribution in [0, 0.1) is 0 Å². The second-order valence-electron chi connectivity index (χ2n) is 7.71. The molecule has 0 unspecified atom stereocenters. The number of rotatable bonds is 4. The number of methoxy groups -OCH3 is 2. The standard InChI is InChI=1S/C20H27N3O3/c1-20(2,3)19-21-10-13-11-23(7-6-16(13)22-19)12-15-17(25-4)8-14(24)9-18(15)26-5/h8-10,24H,6-7,11-12H2,1-5H3. The fourth-order valence-corrected chi connectivity index (χ4v) is 3.22. The molecule has 0 amide bonds. The lowest BCUT2D eigenvalue weighted by molar-refractivity contribution is 0.234. The van der Waals surface area contributed by atoms with Crippen LogP contribution in [0.2, 0.25) is 0 Å². The van der Waals surface area contributed by atoms with Crippen molar-refractivity contribution < 1.29 is 14.6 Å². The predicted octanol–water partition coefficient (Wildman–Crippen LogP) is 3.06. The molecule has 1 N–H and O–H groups in total. The minimum atomic E-state index is -0.0427. The van der Waals surface area contributed by atoms with Crippen LogP contribution in [0.3, 0.4) is 0 Å². The first-order valence-electron chi connectivity index (χ1n) is 8.83. The number of nitrogens with zero attached hydrogens (tertiary/aromatic N) is 3. The van der Waals surface area contributed by atoms with Crippen LogP contribution in [-0.4, -0.2) is 40.7 Å². The van der Waals surface area contributed by atoms with Crippen molar-refractivity contribution in [2.75, 3.05) is 20.8 Å². The number of ether oxygens (including phenoxy) is 2. The highest BCUT2D eigenvalue weighted by molar-refractivity contribution is 5.50. The van der Waals surface area contributed by atoms with Crippen molar-refractivity contribution in [2.45, 2.75) is 45.7 Å². The molecule has 1 aromatic carbocycles. The number of fused-ring (bicyclic) bond motifs is 1. The fraction of sp³-hybridized carbons (Fsp3) is 0.500. The Bertz CT molecular complexity index is 774. The van der Waals surface area contributed by atoms with E-state index in [9.17, 15) is 5.11 Å². The molecule has 26 heavy (non-hydrogen) atoms. The number of hydrogen-bond acceptors (Lipinski definition) is 6. The quantitative estimate of drug-likeness (QED) is 0.907. The third-order valence-electron chi connectivity index (χ3n) is 4.66. The van der Waals surface area contributed by atoms with Gasteiger partial charge in [-0.05, 0) is 0 Å². The van der Waals surface area contributed by atoms with Crippen molar-refractivity contribution in [1.29, 1.82) is 0 Å². The summed E-state index contributed by atoms with van der Waals surface area (Å²) in [7, 11) is 3.20. The van der Waals surface area contributed by atoms with E-state index in [0.29, 0.717) is 18.0 Å². The van der Waals surface area contributed by atoms with E-state index in [1.165, 1.54) is 5.56 Å². The molecule has 2 heterocycles. The lowest BCUT2D eigenvalue weighted by Gasteiger charge is -2.30. The number of phenolic OH excluding ortho intramolecular Hbond substituents is 1. The zero-order valence-corrected chi connectivity index (χ0v) is 16.2. The minimum absolute atomic E-state index is 0.0427. The smallest absolute Gasteiger partial charge is 0.133 e. The van der Waals surface area contributed by atoms with E-state index in [-0.39, 0.29) is 11.2 Å². The Hall–Kier alpha value is -2.34. The Labute approximate surface area is 154 Å². The van der Waals surface area contributed by atoms with Crippen molar-refractivity contribution in [2.24, 2.45) is 0 Å². The van der Waals surface area contributed by atoms with Crippen LogP contribution >= 0.6 is 0 Å². The summed E-state index contributed by atoms with van der Waals surface area (Å²) < 4.78 is 10.9. The Morgan fingerprint density at radius 2 is 1.81 bits per heavy atom. The van der Waals surface area contributed by atoms with Crippen molar-refractivity contribution in [1.82, 2.24) is 14.9 Å². The molecular formula is C20H27N3O3. The van der Waals surface area contributed by atoms with E-state index in [1.54, 1.807) is 26.4 Å². The molecule has 1 aliphatic heterocycles. The van der Waals surface area contributed by atoms with Gasteiger partial charge >= 0.3 is 0 Å². The van der Waals surface area contributed by atoms with E-state index in [2.05, 4.69) is 30.7 Å². The van der Waals surface area contributed by atoms with Gasteiger partial charge < -0.3 is 14.6 Å². The maximum absolute atomic E-state index is 9.82. The first kappa shape index (κ1) is 18.5. The average molecular weight is 357 g/mol. The third kappa shape index (κ3) is 3.75. The minimum Gasteiger partial charge on any atom is -0.508 e. The van der Waals surface area contributed by atoms with Gasteiger partial charge in [-0.3, -0.25) is 4.90 Å². The molecule has 6 nitrogen and oxygen atoms in total. The Morgan fingerprint density at radius 1 is 1.15 bits per heavy atom. The van der Waals surface area contributed by atoms with Crippen molar-refractivity contribution >= 4 is 0 Å². The van der Waals surface area contributed by atoms with Gasteiger partial charge in [0.1, 0.15) is 23.1 Å². The van der Waals surface area contributed by atoms with Crippen LogP contribution in [0.1, 0.15) is 43.4 Å². The molecule has 0 radical (unpaired) electrons. The summed E-state index contributed by atoms with van der Waals surface area (Å²) in [5.41, 5.74) is 3.20. The number of hydrogen-bond donors (Lipinski definition) is 1. The maximum atomic E-state index is 9.82. The first-order chi connectivity index (χ1) is 12.3. The highest BCUT2D eigenvalue weighted by atomic mass is 16.5. The first-order valence-corrected chi connectivity index (χ1v) is 8.83. The summed E-state index contributed by atoms with van der Waals surface area (Å²) >= 11 is 0. The molecule has 1 aliphatic rings. The van der Waals surface area contributed by atoms with Crippen LogP contribution < -0.4 is 9.47 Å². The Kier molecular flexibility index (Phi) is 5.05. The normalized spacial score (nSPS) is 14.8. The molecule has 0 atom stereocenters. The summed E-state index contributed by atoms with van der Waals surface area (Å²) in [6.07, 6.45) is 2.85. The molecule has 1 aromatic heterocycles. The molecule has 6 heteroatoms. The summed E-state index contributed by atoms with van der Waals surface area (Å²) in [5.74, 6) is 2.29. The van der Waals surface area contributed by atoms with Crippen LogP contribution in [0.15, 0.2) is 18.3 Å². The number of aromatic nitrogens is 2. The van der Waals surface area contributed by atoms with Crippen molar-refractivity contribution in [3.8, 4) is 17.2 Å². The topological polar surface area (TPSA) is 67.7 Å². The molecule has 0 saturated carbocycles. The van der Waals surface area contributed by atoms with E-state index in [0.717, 1.165) is 36.6 Å². The highest BCUT2D eigenvalue weighted by Gasteiger charge is 2.24. The van der Waals surface area contributed by atoms with Gasteiger partial charge in [0.25, 0.3) is 0 Å². The maximum Gasteiger partial charge on any atom is 0.133 e. The lowest BCUT2D eigenvalue weighted by atomic mass is 9.95. The van der Waals surface area contributed by atoms with Gasteiger partial charge in [0.05, 0.1) is 19.8 Å². The van der Waals surface area contributed by atoms with E-state index < -0.39 is 0 Å². The molecule has 140 valence electrons. The molecule has 0 spiro atoms. The summed E-state index contributed by atoms with van der Waals surface area (Å²) in [4.78, 5) is 11.7. The molecule has 0 fully saturated rings. The lowest BCUT2D eigenvalue weighted by Crippen LogP contribution is -2.32. The van der Waals surface area contributed by atoms with Crippen molar-refractivity contribution in [3.05, 3.63) is 41.0 Å². The molecular weight excluding hydrogens is 330 g/mol. The van der Waals surface area contributed by atoms with Gasteiger partial charge in [-0.25, -0.2) is 9.97 Å². The molecule has 0 saturated heterocycles. The summed E-state index contributed by atoms with van der Waals surface area (Å²) in [6, 6.07) is 3.24. The number of benzene rings is 1. The Balaban J connectivity index is 1.82.